The summed E-state index contributed by atoms with van der Waals surface area (Å²) in [5, 5.41) is 0. The van der Waals surface area contributed by atoms with E-state index in [4.69, 9.17) is 9.47 Å². The molecule has 0 heterocycles. The van der Waals surface area contributed by atoms with Gasteiger partial charge in [-0.05, 0) is 57.8 Å². The lowest BCUT2D eigenvalue weighted by molar-refractivity contribution is -0.257. The molecular weight excluding hydrogens is 516 g/mol. The van der Waals surface area contributed by atoms with Crippen molar-refractivity contribution < 1.29 is 54.2 Å². The molecule has 0 aliphatic rings. The van der Waals surface area contributed by atoms with Gasteiger partial charge < -0.3 is 9.47 Å². The highest BCUT2D eigenvalue weighted by Crippen LogP contribution is 2.49. The van der Waals surface area contributed by atoms with Gasteiger partial charge in [-0.15, -0.1) is 0 Å². The zero-order valence-electron chi connectivity index (χ0n) is 22.8. The predicted molar refractivity (Wildman–Crippen MR) is 122 cm³/mol. The molecular formula is C25H40F8O4. The van der Waals surface area contributed by atoms with E-state index in [0.717, 1.165) is 13.8 Å². The van der Waals surface area contributed by atoms with Gasteiger partial charge in [-0.3, -0.25) is 9.59 Å². The number of ether oxygens (including phenoxy) is 2. The van der Waals surface area contributed by atoms with E-state index in [-0.39, 0.29) is 19.3 Å². The molecule has 0 aromatic carbocycles. The molecule has 0 radical (unpaired) electrons. The molecule has 0 aromatic heterocycles. The quantitative estimate of drug-likeness (QED) is 0.143. The maximum atomic E-state index is 14.1. The summed E-state index contributed by atoms with van der Waals surface area (Å²) in [4.78, 5) is 21.5. The average molecular weight is 557 g/mol. The van der Waals surface area contributed by atoms with Gasteiger partial charge in [0, 0.05) is 0 Å². The summed E-state index contributed by atoms with van der Waals surface area (Å²) in [6.07, 6.45) is -14.3. The second-order valence-electron chi connectivity index (χ2n) is 12.0. The van der Waals surface area contributed by atoms with E-state index in [9.17, 15) is 44.7 Å². The van der Waals surface area contributed by atoms with E-state index in [1.807, 2.05) is 0 Å². The Labute approximate surface area is 213 Å². The molecule has 4 nitrogen and oxygen atoms in total. The molecule has 0 bridgehead atoms. The molecule has 0 saturated heterocycles. The highest BCUT2D eigenvalue weighted by molar-refractivity contribution is 5.69. The minimum Gasteiger partial charge on any atom is -0.374 e. The molecule has 12 heteroatoms. The summed E-state index contributed by atoms with van der Waals surface area (Å²) in [7, 11) is 0. The number of alkyl halides is 6. The highest BCUT2D eigenvalue weighted by atomic mass is 19.4. The van der Waals surface area contributed by atoms with Crippen molar-refractivity contribution >= 4 is 12.1 Å². The number of carbonyl (C=O) groups is 2. The van der Waals surface area contributed by atoms with Crippen molar-refractivity contribution in [2.45, 2.75) is 124 Å². The van der Waals surface area contributed by atoms with Crippen LogP contribution in [-0.2, 0) is 19.1 Å². The van der Waals surface area contributed by atoms with Gasteiger partial charge in [0.25, 0.3) is 0 Å². The van der Waals surface area contributed by atoms with Crippen molar-refractivity contribution in [3.05, 3.63) is 0 Å². The molecule has 0 fully saturated rings. The van der Waals surface area contributed by atoms with Crippen LogP contribution in [0.4, 0.5) is 35.1 Å². The molecule has 0 aromatic rings. The number of hydrogen-bond acceptors (Lipinski definition) is 4. The van der Waals surface area contributed by atoms with Crippen molar-refractivity contribution in [3.63, 3.8) is 0 Å². The fourth-order valence-corrected chi connectivity index (χ4v) is 4.20. The van der Waals surface area contributed by atoms with Crippen LogP contribution in [-0.4, -0.2) is 48.3 Å². The third-order valence-corrected chi connectivity index (χ3v) is 6.75. The summed E-state index contributed by atoms with van der Waals surface area (Å²) in [6.45, 7) is 9.85. The molecule has 0 spiro atoms. The lowest BCUT2D eigenvalue weighted by Crippen LogP contribution is -2.45. The minimum atomic E-state index is -4.86. The molecule has 0 saturated carbocycles. The Morgan fingerprint density at radius 3 is 1.57 bits per heavy atom. The average Bonchev–Trinajstić information content (AvgIpc) is 2.61. The van der Waals surface area contributed by atoms with E-state index in [1.54, 1.807) is 0 Å². The zero-order valence-corrected chi connectivity index (χ0v) is 22.8. The van der Waals surface area contributed by atoms with Gasteiger partial charge in [-0.2, -0.15) is 35.1 Å². The standard InChI is InChI=1S/C25H40F8O4/c1-9-23(8,16(24(28,29)30)15-36-21(4,5)13-18(26)34)11-10-20(2,3)12-17(25(31,32)33)37-22(6,7)14-19(27)35/h16-17H,9-15H2,1-8H3. The molecule has 220 valence electrons. The molecule has 0 aliphatic heterocycles. The van der Waals surface area contributed by atoms with Crippen LogP contribution in [0.25, 0.3) is 0 Å². The van der Waals surface area contributed by atoms with Crippen LogP contribution in [0, 0.1) is 16.7 Å². The lowest BCUT2D eigenvalue weighted by atomic mass is 9.68. The molecule has 37 heavy (non-hydrogen) atoms. The fourth-order valence-electron chi connectivity index (χ4n) is 4.20. The molecule has 0 N–H and O–H groups in total. The number of halogens is 8. The summed E-state index contributed by atoms with van der Waals surface area (Å²) in [6, 6.07) is -3.56. The maximum absolute atomic E-state index is 14.1. The van der Waals surface area contributed by atoms with Crippen molar-refractivity contribution in [3.8, 4) is 0 Å². The first kappa shape index (κ1) is 35.7. The Balaban J connectivity index is 5.74. The third-order valence-electron chi connectivity index (χ3n) is 6.75. The lowest BCUT2D eigenvalue weighted by Gasteiger charge is -2.42. The van der Waals surface area contributed by atoms with Crippen LogP contribution in [0.3, 0.4) is 0 Å². The van der Waals surface area contributed by atoms with Gasteiger partial charge in [0.1, 0.15) is 0 Å². The van der Waals surface area contributed by atoms with E-state index < -0.39 is 84.3 Å². The Morgan fingerprint density at radius 2 is 1.19 bits per heavy atom. The van der Waals surface area contributed by atoms with Crippen LogP contribution in [0.5, 0.6) is 0 Å². The van der Waals surface area contributed by atoms with Crippen molar-refractivity contribution in [1.29, 1.82) is 0 Å². The third kappa shape index (κ3) is 13.4. The minimum absolute atomic E-state index is 0.0178. The fraction of sp³-hybridized carbons (Fsp3) is 0.920. The van der Waals surface area contributed by atoms with Gasteiger partial charge in [0.15, 0.2) is 6.10 Å². The second-order valence-corrected chi connectivity index (χ2v) is 12.0. The van der Waals surface area contributed by atoms with Crippen LogP contribution in [0.15, 0.2) is 0 Å². The van der Waals surface area contributed by atoms with Gasteiger partial charge in [-0.1, -0.05) is 34.1 Å². The normalized spacial score (nSPS) is 17.3. The number of carbonyl (C=O) groups excluding carboxylic acids is 2. The number of hydrogen-bond donors (Lipinski definition) is 0. The van der Waals surface area contributed by atoms with Gasteiger partial charge in [0.2, 0.25) is 0 Å². The largest absolute Gasteiger partial charge is 0.414 e. The monoisotopic (exact) mass is 556 g/mol. The van der Waals surface area contributed by atoms with Crippen LogP contribution < -0.4 is 0 Å². The van der Waals surface area contributed by atoms with Crippen molar-refractivity contribution in [2.75, 3.05) is 6.61 Å². The van der Waals surface area contributed by atoms with Crippen LogP contribution >= 0.6 is 0 Å². The molecule has 0 rings (SSSR count). The Morgan fingerprint density at radius 1 is 0.730 bits per heavy atom. The first-order valence-corrected chi connectivity index (χ1v) is 12.1. The van der Waals surface area contributed by atoms with Crippen LogP contribution in [0.2, 0.25) is 0 Å². The van der Waals surface area contributed by atoms with Gasteiger partial charge in [-0.25, -0.2) is 0 Å². The summed E-state index contributed by atoms with van der Waals surface area (Å²) in [5.74, 6) is -2.03. The van der Waals surface area contributed by atoms with Crippen molar-refractivity contribution in [2.24, 2.45) is 16.7 Å². The Bertz CT molecular complexity index is 759. The SMILES string of the molecule is CCC(C)(CCC(C)(C)CC(OC(C)(C)CC(=O)F)C(F)(F)F)C(COC(C)(C)CC(=O)F)C(F)(F)F. The smallest absolute Gasteiger partial charge is 0.374 e. The summed E-state index contributed by atoms with van der Waals surface area (Å²) in [5.41, 5.74) is -5.82. The molecule has 0 amide bonds. The predicted octanol–water partition coefficient (Wildman–Crippen LogP) is 8.07. The highest BCUT2D eigenvalue weighted by Gasteiger charge is 2.52. The first-order chi connectivity index (χ1) is 16.3. The maximum Gasteiger partial charge on any atom is 0.414 e. The van der Waals surface area contributed by atoms with E-state index in [2.05, 4.69) is 0 Å². The van der Waals surface area contributed by atoms with Gasteiger partial charge in [0.05, 0.1) is 36.6 Å². The summed E-state index contributed by atoms with van der Waals surface area (Å²) >= 11 is 0. The topological polar surface area (TPSA) is 52.6 Å². The first-order valence-electron chi connectivity index (χ1n) is 12.1. The van der Waals surface area contributed by atoms with Crippen molar-refractivity contribution in [1.82, 2.24) is 0 Å². The second kappa shape index (κ2) is 12.7. The van der Waals surface area contributed by atoms with E-state index in [0.29, 0.717) is 0 Å². The van der Waals surface area contributed by atoms with Gasteiger partial charge >= 0.3 is 24.4 Å². The van der Waals surface area contributed by atoms with Crippen LogP contribution in [0.1, 0.15) is 93.9 Å². The number of rotatable bonds is 16. The summed E-state index contributed by atoms with van der Waals surface area (Å²) < 4.78 is 119. The molecule has 3 atom stereocenters. The Kier molecular flexibility index (Phi) is 12.3. The van der Waals surface area contributed by atoms with E-state index in [1.165, 1.54) is 41.5 Å². The zero-order chi connectivity index (χ0) is 29.7. The Hall–Kier alpha value is -1.30. The van der Waals surface area contributed by atoms with E-state index >= 15 is 0 Å². The molecule has 0 aliphatic carbocycles. The molecule has 3 unspecified atom stereocenters.